The first kappa shape index (κ1) is 9.53. The van der Waals surface area contributed by atoms with Gasteiger partial charge in [0.25, 0.3) is 5.89 Å². The number of H-pyrrole nitrogens is 1. The van der Waals surface area contributed by atoms with E-state index in [-0.39, 0.29) is 0 Å². The molecule has 0 aliphatic heterocycles. The number of nitrogens with zero attached hydrogens (tertiary/aromatic N) is 3. The molecular weight excluding hydrogens is 206 g/mol. The van der Waals surface area contributed by atoms with Gasteiger partial charge in [-0.25, -0.2) is 0 Å². The molecule has 0 atom stereocenters. The van der Waals surface area contributed by atoms with Crippen molar-refractivity contribution in [3.05, 3.63) is 18.3 Å². The highest BCUT2D eigenvalue weighted by Crippen LogP contribution is 2.19. The Labute approximate surface area is 92.5 Å². The van der Waals surface area contributed by atoms with Crippen molar-refractivity contribution in [3.63, 3.8) is 0 Å². The normalized spacial score (nSPS) is 15.5. The van der Waals surface area contributed by atoms with E-state index in [0.717, 1.165) is 24.6 Å². The Bertz CT molecular complexity index is 445. The summed E-state index contributed by atoms with van der Waals surface area (Å²) in [5, 5.41) is 17.9. The van der Waals surface area contributed by atoms with Gasteiger partial charge in [0, 0.05) is 25.2 Å². The Morgan fingerprint density at radius 1 is 1.44 bits per heavy atom. The lowest BCUT2D eigenvalue weighted by Crippen LogP contribution is -2.19. The molecule has 16 heavy (non-hydrogen) atoms. The van der Waals surface area contributed by atoms with E-state index in [1.807, 2.05) is 0 Å². The fraction of sp³-hybridized carbons (Fsp3) is 0.500. The van der Waals surface area contributed by atoms with Crippen LogP contribution >= 0.6 is 0 Å². The number of nitrogens with one attached hydrogen (secondary N) is 2. The van der Waals surface area contributed by atoms with Gasteiger partial charge in [-0.15, -0.1) is 10.2 Å². The van der Waals surface area contributed by atoms with E-state index in [0.29, 0.717) is 11.8 Å². The van der Waals surface area contributed by atoms with E-state index in [1.165, 1.54) is 12.8 Å². The molecule has 2 heterocycles. The molecule has 3 rings (SSSR count). The fourth-order valence-corrected chi connectivity index (χ4v) is 1.51. The van der Waals surface area contributed by atoms with Crippen LogP contribution in [0.3, 0.4) is 0 Å². The highest BCUT2D eigenvalue weighted by molar-refractivity contribution is 5.48. The summed E-state index contributed by atoms with van der Waals surface area (Å²) in [5.74, 6) is 1.19. The molecule has 1 aliphatic carbocycles. The largest absolute Gasteiger partial charge is 0.421 e. The van der Waals surface area contributed by atoms with Crippen molar-refractivity contribution in [3.8, 4) is 11.5 Å². The van der Waals surface area contributed by atoms with Crippen LogP contribution < -0.4 is 5.32 Å². The molecule has 0 radical (unpaired) electrons. The molecule has 2 aromatic rings. The quantitative estimate of drug-likeness (QED) is 0.775. The van der Waals surface area contributed by atoms with Crippen LogP contribution in [0.5, 0.6) is 0 Å². The first-order valence-electron chi connectivity index (χ1n) is 5.47. The summed E-state index contributed by atoms with van der Waals surface area (Å²) in [5.41, 5.74) is 0.828. The molecule has 2 N–H and O–H groups in total. The average Bonchev–Trinajstić information content (AvgIpc) is 2.83. The van der Waals surface area contributed by atoms with Crippen molar-refractivity contribution < 1.29 is 4.42 Å². The number of hydrogen-bond acceptors (Lipinski definition) is 5. The third-order valence-electron chi connectivity index (χ3n) is 2.56. The van der Waals surface area contributed by atoms with Gasteiger partial charge in [-0.1, -0.05) is 0 Å². The zero-order valence-corrected chi connectivity index (χ0v) is 8.81. The smallest absolute Gasteiger partial charge is 0.250 e. The van der Waals surface area contributed by atoms with Crippen molar-refractivity contribution in [1.29, 1.82) is 0 Å². The maximum Gasteiger partial charge on any atom is 0.250 e. The third-order valence-corrected chi connectivity index (χ3v) is 2.56. The first-order valence-corrected chi connectivity index (χ1v) is 5.47. The van der Waals surface area contributed by atoms with E-state index in [9.17, 15) is 0 Å². The molecule has 0 aromatic carbocycles. The zero-order chi connectivity index (χ0) is 10.8. The van der Waals surface area contributed by atoms with Gasteiger partial charge in [0.1, 0.15) is 0 Å². The first-order chi connectivity index (χ1) is 7.92. The van der Waals surface area contributed by atoms with Crippen molar-refractivity contribution in [2.75, 3.05) is 6.54 Å². The van der Waals surface area contributed by atoms with Crippen LogP contribution in [0.15, 0.2) is 16.8 Å². The lowest BCUT2D eigenvalue weighted by molar-refractivity contribution is 0.494. The minimum Gasteiger partial charge on any atom is -0.421 e. The van der Waals surface area contributed by atoms with Crippen LogP contribution in [0, 0.1) is 0 Å². The van der Waals surface area contributed by atoms with Crippen LogP contribution in [0.1, 0.15) is 18.7 Å². The molecular formula is C10H13N5O. The van der Waals surface area contributed by atoms with E-state index in [2.05, 4.69) is 25.7 Å². The Hall–Kier alpha value is -1.69. The number of rotatable bonds is 5. The predicted molar refractivity (Wildman–Crippen MR) is 56.6 cm³/mol. The van der Waals surface area contributed by atoms with Gasteiger partial charge in [0.05, 0.1) is 11.8 Å². The second kappa shape index (κ2) is 4.05. The average molecular weight is 219 g/mol. The summed E-state index contributed by atoms with van der Waals surface area (Å²) in [7, 11) is 0. The topological polar surface area (TPSA) is 79.6 Å². The van der Waals surface area contributed by atoms with Crippen LogP contribution in [0.25, 0.3) is 11.5 Å². The molecule has 2 aromatic heterocycles. The molecule has 0 saturated heterocycles. The number of aromatic amines is 1. The maximum absolute atomic E-state index is 5.51. The van der Waals surface area contributed by atoms with Crippen molar-refractivity contribution in [2.45, 2.75) is 25.3 Å². The third kappa shape index (κ3) is 2.11. The molecule has 0 bridgehead atoms. The minimum absolute atomic E-state index is 0.523. The fourth-order valence-electron chi connectivity index (χ4n) is 1.51. The molecule has 1 saturated carbocycles. The van der Waals surface area contributed by atoms with Crippen LogP contribution in [-0.4, -0.2) is 33.0 Å². The van der Waals surface area contributed by atoms with Gasteiger partial charge < -0.3 is 9.73 Å². The monoisotopic (exact) mass is 219 g/mol. The van der Waals surface area contributed by atoms with Crippen molar-refractivity contribution in [1.82, 2.24) is 25.7 Å². The summed E-state index contributed by atoms with van der Waals surface area (Å²) in [6.45, 7) is 0.900. The summed E-state index contributed by atoms with van der Waals surface area (Å²) in [6, 6.07) is 0.719. The Kier molecular flexibility index (Phi) is 2.41. The van der Waals surface area contributed by atoms with Crippen LogP contribution in [-0.2, 0) is 6.42 Å². The van der Waals surface area contributed by atoms with Crippen LogP contribution in [0.4, 0.5) is 0 Å². The van der Waals surface area contributed by atoms with E-state index >= 15 is 0 Å². The van der Waals surface area contributed by atoms with E-state index < -0.39 is 0 Å². The van der Waals surface area contributed by atoms with E-state index in [1.54, 1.807) is 12.4 Å². The number of hydrogen-bond donors (Lipinski definition) is 2. The summed E-state index contributed by atoms with van der Waals surface area (Å²) in [4.78, 5) is 0. The lowest BCUT2D eigenvalue weighted by Gasteiger charge is -1.97. The highest BCUT2D eigenvalue weighted by Gasteiger charge is 2.20. The van der Waals surface area contributed by atoms with Gasteiger partial charge in [-0.2, -0.15) is 5.10 Å². The van der Waals surface area contributed by atoms with Crippen molar-refractivity contribution >= 4 is 0 Å². The molecule has 0 amide bonds. The molecule has 1 aliphatic rings. The molecule has 6 heteroatoms. The second-order valence-corrected chi connectivity index (χ2v) is 3.97. The van der Waals surface area contributed by atoms with Crippen LogP contribution in [0.2, 0.25) is 0 Å². The highest BCUT2D eigenvalue weighted by atomic mass is 16.4. The SMILES string of the molecule is c1n[nH]cc1-c1nnc(CCNC2CC2)o1. The zero-order valence-electron chi connectivity index (χ0n) is 8.81. The second-order valence-electron chi connectivity index (χ2n) is 3.97. The number of aromatic nitrogens is 4. The van der Waals surface area contributed by atoms with Gasteiger partial charge in [-0.3, -0.25) is 5.10 Å². The summed E-state index contributed by atoms with van der Waals surface area (Å²) in [6.07, 6.45) is 6.77. The molecule has 0 unspecified atom stereocenters. The van der Waals surface area contributed by atoms with Gasteiger partial charge in [-0.05, 0) is 12.8 Å². The summed E-state index contributed by atoms with van der Waals surface area (Å²) < 4.78 is 5.51. The van der Waals surface area contributed by atoms with Crippen molar-refractivity contribution in [2.24, 2.45) is 0 Å². The van der Waals surface area contributed by atoms with Gasteiger partial charge in [0.2, 0.25) is 5.89 Å². The van der Waals surface area contributed by atoms with Gasteiger partial charge >= 0.3 is 0 Å². The lowest BCUT2D eigenvalue weighted by atomic mass is 10.4. The summed E-state index contributed by atoms with van der Waals surface area (Å²) >= 11 is 0. The minimum atomic E-state index is 0.523. The molecule has 0 spiro atoms. The Morgan fingerprint density at radius 3 is 3.12 bits per heavy atom. The molecule has 84 valence electrons. The maximum atomic E-state index is 5.51. The molecule has 6 nitrogen and oxygen atoms in total. The van der Waals surface area contributed by atoms with Gasteiger partial charge in [0.15, 0.2) is 0 Å². The Balaban J connectivity index is 1.59. The predicted octanol–water partition coefficient (Wildman–Crippen LogP) is 0.754. The standard InChI is InChI=1S/C10H13N5O/c1-2-8(1)11-4-3-9-14-15-10(16-9)7-5-12-13-6-7/h5-6,8,11H,1-4H2,(H,12,13). The molecule has 1 fully saturated rings. The van der Waals surface area contributed by atoms with E-state index in [4.69, 9.17) is 4.42 Å². The Morgan fingerprint density at radius 2 is 2.38 bits per heavy atom.